The van der Waals surface area contributed by atoms with E-state index < -0.39 is 12.2 Å². The van der Waals surface area contributed by atoms with Gasteiger partial charge in [0, 0.05) is 13.2 Å². The monoisotopic (exact) mass is 255 g/mol. The Balaban J connectivity index is 2.03. The minimum absolute atomic E-state index is 0.139. The van der Waals surface area contributed by atoms with Crippen LogP contribution in [0.25, 0.3) is 0 Å². The number of imide groups is 1. The van der Waals surface area contributed by atoms with Crippen molar-refractivity contribution in [2.45, 2.75) is 51.7 Å². The topological polar surface area (TPSA) is 66.8 Å². The van der Waals surface area contributed by atoms with Crippen LogP contribution in [0.4, 0.5) is 0 Å². The molecule has 2 unspecified atom stereocenters. The van der Waals surface area contributed by atoms with Crippen molar-refractivity contribution in [2.75, 3.05) is 13.2 Å². The molecule has 2 rings (SSSR count). The van der Waals surface area contributed by atoms with E-state index in [1.807, 2.05) is 13.8 Å². The average Bonchev–Trinajstić information content (AvgIpc) is 2.77. The van der Waals surface area contributed by atoms with Crippen LogP contribution >= 0.6 is 0 Å². The first-order chi connectivity index (χ1) is 8.44. The molecular formula is C13H21NO4. The van der Waals surface area contributed by atoms with Crippen LogP contribution in [-0.2, 0) is 14.3 Å². The van der Waals surface area contributed by atoms with Crippen molar-refractivity contribution in [3.8, 4) is 0 Å². The maximum Gasteiger partial charge on any atom is 0.258 e. The number of amides is 2. The molecule has 2 bridgehead atoms. The van der Waals surface area contributed by atoms with E-state index in [4.69, 9.17) is 9.84 Å². The maximum atomic E-state index is 12.1. The van der Waals surface area contributed by atoms with Gasteiger partial charge in [0.1, 0.15) is 12.2 Å². The highest BCUT2D eigenvalue weighted by molar-refractivity contribution is 6.02. The Hall–Kier alpha value is -0.940. The zero-order valence-electron chi connectivity index (χ0n) is 11.0. The van der Waals surface area contributed by atoms with Gasteiger partial charge in [0.2, 0.25) is 0 Å². The number of likely N-dealkylation sites (tertiary alicyclic amines) is 1. The third-order valence-electron chi connectivity index (χ3n) is 3.70. The van der Waals surface area contributed by atoms with Crippen molar-refractivity contribution >= 4 is 11.8 Å². The summed E-state index contributed by atoms with van der Waals surface area (Å²) in [5.41, 5.74) is -0.162. The first-order valence-corrected chi connectivity index (χ1v) is 6.56. The Morgan fingerprint density at radius 3 is 2.33 bits per heavy atom. The molecule has 2 aliphatic rings. The Morgan fingerprint density at radius 1 is 1.28 bits per heavy atom. The summed E-state index contributed by atoms with van der Waals surface area (Å²) in [6, 6.07) is 0. The van der Waals surface area contributed by atoms with Crippen LogP contribution in [0.5, 0.6) is 0 Å². The fourth-order valence-electron chi connectivity index (χ4n) is 2.68. The predicted octanol–water partition coefficient (Wildman–Crippen LogP) is 0.701. The molecule has 2 atom stereocenters. The molecule has 0 aromatic heterocycles. The second kappa shape index (κ2) is 4.97. The number of hydrogen-bond acceptors (Lipinski definition) is 4. The van der Waals surface area contributed by atoms with Gasteiger partial charge in [-0.2, -0.15) is 0 Å². The normalized spacial score (nSPS) is 28.1. The average molecular weight is 255 g/mol. The molecule has 0 spiro atoms. The number of ether oxygens (including phenoxy) is 1. The van der Waals surface area contributed by atoms with Crippen LogP contribution in [0.2, 0.25) is 0 Å². The minimum atomic E-state index is -0.415. The second-order valence-corrected chi connectivity index (χ2v) is 5.94. The number of carbonyl (C=O) groups is 2. The Morgan fingerprint density at radius 2 is 1.83 bits per heavy atom. The number of fused-ring (bicyclic) bond motifs is 2. The van der Waals surface area contributed by atoms with E-state index in [1.54, 1.807) is 0 Å². The molecular weight excluding hydrogens is 234 g/mol. The van der Waals surface area contributed by atoms with Crippen molar-refractivity contribution in [1.82, 2.24) is 4.90 Å². The highest BCUT2D eigenvalue weighted by Crippen LogP contribution is 2.32. The fourth-order valence-corrected chi connectivity index (χ4v) is 2.68. The van der Waals surface area contributed by atoms with Gasteiger partial charge in [-0.15, -0.1) is 0 Å². The molecule has 5 heteroatoms. The SMILES string of the molecule is CC(C)(CCCO)CN1C(=O)C2CCC(O2)C1=O. The number of aliphatic hydroxyl groups excluding tert-OH is 1. The lowest BCUT2D eigenvalue weighted by Gasteiger charge is -2.36. The summed E-state index contributed by atoms with van der Waals surface area (Å²) >= 11 is 0. The molecule has 18 heavy (non-hydrogen) atoms. The Labute approximate surface area is 107 Å². The van der Waals surface area contributed by atoms with Crippen molar-refractivity contribution in [3.05, 3.63) is 0 Å². The van der Waals surface area contributed by atoms with Crippen molar-refractivity contribution in [2.24, 2.45) is 5.41 Å². The van der Waals surface area contributed by atoms with Gasteiger partial charge in [-0.05, 0) is 31.1 Å². The molecule has 102 valence electrons. The zero-order chi connectivity index (χ0) is 13.3. The van der Waals surface area contributed by atoms with Crippen LogP contribution in [0.15, 0.2) is 0 Å². The molecule has 2 aliphatic heterocycles. The first kappa shape index (κ1) is 13.5. The first-order valence-electron chi connectivity index (χ1n) is 6.56. The van der Waals surface area contributed by atoms with Crippen LogP contribution in [0, 0.1) is 5.41 Å². The highest BCUT2D eigenvalue weighted by atomic mass is 16.5. The largest absolute Gasteiger partial charge is 0.396 e. The van der Waals surface area contributed by atoms with Crippen molar-refractivity contribution in [3.63, 3.8) is 0 Å². The van der Waals surface area contributed by atoms with Gasteiger partial charge in [-0.1, -0.05) is 13.8 Å². The van der Waals surface area contributed by atoms with Gasteiger partial charge in [0.15, 0.2) is 0 Å². The van der Waals surface area contributed by atoms with E-state index in [-0.39, 0.29) is 23.8 Å². The van der Waals surface area contributed by atoms with E-state index in [0.717, 1.165) is 6.42 Å². The van der Waals surface area contributed by atoms with Gasteiger partial charge in [0.25, 0.3) is 11.8 Å². The van der Waals surface area contributed by atoms with Gasteiger partial charge < -0.3 is 9.84 Å². The van der Waals surface area contributed by atoms with E-state index in [2.05, 4.69) is 0 Å². The quantitative estimate of drug-likeness (QED) is 0.734. The number of nitrogens with zero attached hydrogens (tertiary/aromatic N) is 1. The number of morpholine rings is 1. The number of carbonyl (C=O) groups excluding carboxylic acids is 2. The molecule has 2 amide bonds. The number of aliphatic hydroxyl groups is 1. The highest BCUT2D eigenvalue weighted by Gasteiger charge is 2.47. The molecule has 0 aliphatic carbocycles. The number of rotatable bonds is 5. The van der Waals surface area contributed by atoms with Crippen LogP contribution < -0.4 is 0 Å². The van der Waals surface area contributed by atoms with Gasteiger partial charge in [-0.3, -0.25) is 14.5 Å². The molecule has 0 saturated carbocycles. The van der Waals surface area contributed by atoms with E-state index >= 15 is 0 Å². The van der Waals surface area contributed by atoms with Gasteiger partial charge in [-0.25, -0.2) is 0 Å². The third kappa shape index (κ3) is 2.57. The van der Waals surface area contributed by atoms with Crippen molar-refractivity contribution in [1.29, 1.82) is 0 Å². The van der Waals surface area contributed by atoms with Crippen molar-refractivity contribution < 1.29 is 19.4 Å². The number of hydrogen-bond donors (Lipinski definition) is 1. The zero-order valence-corrected chi connectivity index (χ0v) is 11.0. The second-order valence-electron chi connectivity index (χ2n) is 5.94. The summed E-state index contributed by atoms with van der Waals surface area (Å²) in [4.78, 5) is 25.5. The van der Waals surface area contributed by atoms with E-state index in [9.17, 15) is 9.59 Å². The Bertz CT molecular complexity index is 331. The lowest BCUT2D eigenvalue weighted by Crippen LogP contribution is -2.54. The van der Waals surface area contributed by atoms with Crippen LogP contribution in [-0.4, -0.2) is 47.2 Å². The van der Waals surface area contributed by atoms with Crippen LogP contribution in [0.3, 0.4) is 0 Å². The molecule has 2 saturated heterocycles. The maximum absolute atomic E-state index is 12.1. The van der Waals surface area contributed by atoms with Gasteiger partial charge in [0.05, 0.1) is 0 Å². The minimum Gasteiger partial charge on any atom is -0.396 e. The smallest absolute Gasteiger partial charge is 0.258 e. The predicted molar refractivity (Wildman–Crippen MR) is 64.7 cm³/mol. The molecule has 1 N–H and O–H groups in total. The molecule has 0 aromatic carbocycles. The Kier molecular flexibility index (Phi) is 3.73. The lowest BCUT2D eigenvalue weighted by molar-refractivity contribution is -0.170. The lowest BCUT2D eigenvalue weighted by atomic mass is 9.87. The summed E-state index contributed by atoms with van der Waals surface area (Å²) in [6.07, 6.45) is 1.96. The summed E-state index contributed by atoms with van der Waals surface area (Å²) in [6.45, 7) is 4.59. The summed E-state index contributed by atoms with van der Waals surface area (Å²) in [5.74, 6) is -0.378. The van der Waals surface area contributed by atoms with E-state index in [0.29, 0.717) is 25.8 Å². The molecule has 2 heterocycles. The van der Waals surface area contributed by atoms with E-state index in [1.165, 1.54) is 4.90 Å². The van der Waals surface area contributed by atoms with Gasteiger partial charge >= 0.3 is 0 Å². The fraction of sp³-hybridized carbons (Fsp3) is 0.846. The molecule has 0 aromatic rings. The summed E-state index contributed by atoms with van der Waals surface area (Å²) in [5, 5.41) is 8.87. The summed E-state index contributed by atoms with van der Waals surface area (Å²) < 4.78 is 5.37. The van der Waals surface area contributed by atoms with Crippen LogP contribution in [0.1, 0.15) is 39.5 Å². The third-order valence-corrected chi connectivity index (χ3v) is 3.70. The molecule has 5 nitrogen and oxygen atoms in total. The summed E-state index contributed by atoms with van der Waals surface area (Å²) in [7, 11) is 0. The standard InChI is InChI=1S/C13H21NO4/c1-13(2,6-3-7-15)8-14-11(16)9-4-5-10(18-9)12(14)17/h9-10,15H,3-8H2,1-2H3. The molecule has 2 fully saturated rings. The molecule has 0 radical (unpaired) electrons.